The second-order valence-electron chi connectivity index (χ2n) is 3.71. The molecule has 0 radical (unpaired) electrons. The highest BCUT2D eigenvalue weighted by Gasteiger charge is 2.15. The van der Waals surface area contributed by atoms with Gasteiger partial charge in [0.2, 0.25) is 0 Å². The van der Waals surface area contributed by atoms with Crippen molar-refractivity contribution < 1.29 is 9.59 Å². The highest BCUT2D eigenvalue weighted by Crippen LogP contribution is 2.22. The van der Waals surface area contributed by atoms with Crippen LogP contribution in [0.15, 0.2) is 36.0 Å². The first-order chi connectivity index (χ1) is 10.2. The van der Waals surface area contributed by atoms with Gasteiger partial charge in [-0.15, -0.1) is 11.3 Å². The van der Waals surface area contributed by atoms with Gasteiger partial charge in [0.05, 0.1) is 5.69 Å². The van der Waals surface area contributed by atoms with E-state index in [0.29, 0.717) is 22.7 Å². The largest absolute Gasteiger partial charge is 0.352 e. The Morgan fingerprint density at radius 2 is 1.81 bits per heavy atom. The number of carbonyl (C=O) groups is 2. The number of hydrogen-bond donors (Lipinski definition) is 2. The van der Waals surface area contributed by atoms with Crippen molar-refractivity contribution in [2.45, 2.75) is 20.8 Å². The maximum absolute atomic E-state index is 12.0. The fourth-order valence-electron chi connectivity index (χ4n) is 1.52. The third-order valence-corrected chi connectivity index (χ3v) is 3.31. The van der Waals surface area contributed by atoms with E-state index in [-0.39, 0.29) is 11.8 Å². The van der Waals surface area contributed by atoms with Crippen LogP contribution in [0.4, 0.5) is 5.69 Å². The van der Waals surface area contributed by atoms with E-state index in [4.69, 9.17) is 0 Å². The minimum atomic E-state index is -0.258. The molecule has 0 bridgehead atoms. The second kappa shape index (κ2) is 8.86. The molecule has 2 amide bonds. The summed E-state index contributed by atoms with van der Waals surface area (Å²) >= 11 is 1.30. The van der Waals surface area contributed by atoms with E-state index in [1.165, 1.54) is 11.3 Å². The zero-order chi connectivity index (χ0) is 15.7. The number of pyridine rings is 1. The zero-order valence-corrected chi connectivity index (χ0v) is 13.2. The van der Waals surface area contributed by atoms with Gasteiger partial charge in [0, 0.05) is 24.5 Å². The van der Waals surface area contributed by atoms with Gasteiger partial charge < -0.3 is 10.6 Å². The Labute approximate surface area is 128 Å². The van der Waals surface area contributed by atoms with Gasteiger partial charge in [0.15, 0.2) is 0 Å². The number of amides is 2. The summed E-state index contributed by atoms with van der Waals surface area (Å²) in [7, 11) is 0. The Morgan fingerprint density at radius 3 is 2.43 bits per heavy atom. The Kier molecular flexibility index (Phi) is 7.11. The quantitative estimate of drug-likeness (QED) is 0.911. The summed E-state index contributed by atoms with van der Waals surface area (Å²) in [6, 6.07) is 4.95. The Hall–Kier alpha value is -2.21. The molecule has 0 atom stereocenters. The third-order valence-electron chi connectivity index (χ3n) is 2.40. The smallest absolute Gasteiger partial charge is 0.263 e. The van der Waals surface area contributed by atoms with Crippen LogP contribution in [0.2, 0.25) is 0 Å². The van der Waals surface area contributed by atoms with Gasteiger partial charge in [0.1, 0.15) is 4.88 Å². The molecule has 21 heavy (non-hydrogen) atoms. The molecule has 2 aromatic heterocycles. The summed E-state index contributed by atoms with van der Waals surface area (Å²) in [5.74, 6) is -0.436. The molecule has 0 aromatic carbocycles. The maximum atomic E-state index is 12.0. The second-order valence-corrected chi connectivity index (χ2v) is 4.63. The van der Waals surface area contributed by atoms with E-state index >= 15 is 0 Å². The van der Waals surface area contributed by atoms with E-state index < -0.39 is 0 Å². The Morgan fingerprint density at radius 1 is 1.14 bits per heavy atom. The number of hydrogen-bond acceptors (Lipinski definition) is 4. The van der Waals surface area contributed by atoms with Crippen LogP contribution >= 0.6 is 11.3 Å². The fraction of sp³-hybridized carbons (Fsp3) is 0.267. The number of nitrogens with zero attached hydrogens (tertiary/aromatic N) is 1. The predicted molar refractivity (Wildman–Crippen MR) is 85.9 cm³/mol. The van der Waals surface area contributed by atoms with Crippen molar-refractivity contribution >= 4 is 28.8 Å². The van der Waals surface area contributed by atoms with Gasteiger partial charge in [-0.2, -0.15) is 0 Å². The van der Waals surface area contributed by atoms with E-state index in [1.807, 2.05) is 20.8 Å². The summed E-state index contributed by atoms with van der Waals surface area (Å²) in [6.45, 7) is 6.40. The number of rotatable bonds is 4. The standard InChI is InChI=1S/C13H13N3O2S.C2H6/c1-2-15-13(18)11-10(5-8-19-11)16-12(17)9-3-6-14-7-4-9;1-2/h3-8H,2H2,1H3,(H,15,18)(H,16,17);1-2H3. The monoisotopic (exact) mass is 305 g/mol. The van der Waals surface area contributed by atoms with Gasteiger partial charge in [-0.05, 0) is 30.5 Å². The van der Waals surface area contributed by atoms with Crippen molar-refractivity contribution in [3.8, 4) is 0 Å². The number of nitrogens with one attached hydrogen (secondary N) is 2. The van der Waals surface area contributed by atoms with E-state index in [1.54, 1.807) is 36.0 Å². The van der Waals surface area contributed by atoms with Crippen molar-refractivity contribution in [1.82, 2.24) is 10.3 Å². The lowest BCUT2D eigenvalue weighted by molar-refractivity contribution is 0.0960. The molecule has 0 saturated heterocycles. The fourth-order valence-corrected chi connectivity index (χ4v) is 2.29. The zero-order valence-electron chi connectivity index (χ0n) is 12.3. The predicted octanol–water partition coefficient (Wildman–Crippen LogP) is 3.17. The highest BCUT2D eigenvalue weighted by molar-refractivity contribution is 7.12. The van der Waals surface area contributed by atoms with Crippen LogP contribution in [-0.4, -0.2) is 23.3 Å². The number of thiophene rings is 1. The lowest BCUT2D eigenvalue weighted by Gasteiger charge is -2.06. The molecule has 2 N–H and O–H groups in total. The van der Waals surface area contributed by atoms with Gasteiger partial charge in [-0.3, -0.25) is 14.6 Å². The molecule has 0 aliphatic rings. The molecule has 2 aromatic rings. The van der Waals surface area contributed by atoms with Crippen molar-refractivity contribution in [1.29, 1.82) is 0 Å². The molecule has 0 fully saturated rings. The minimum Gasteiger partial charge on any atom is -0.352 e. The molecule has 0 saturated carbocycles. The molecule has 5 nitrogen and oxygen atoms in total. The van der Waals surface area contributed by atoms with E-state index in [0.717, 1.165) is 0 Å². The van der Waals surface area contributed by atoms with Gasteiger partial charge >= 0.3 is 0 Å². The van der Waals surface area contributed by atoms with Crippen LogP contribution in [0, 0.1) is 0 Å². The Balaban J connectivity index is 0.00000106. The lowest BCUT2D eigenvalue weighted by atomic mass is 10.2. The molecule has 6 heteroatoms. The topological polar surface area (TPSA) is 71.1 Å². The van der Waals surface area contributed by atoms with E-state index in [2.05, 4.69) is 15.6 Å². The van der Waals surface area contributed by atoms with E-state index in [9.17, 15) is 9.59 Å². The van der Waals surface area contributed by atoms with Crippen molar-refractivity contribution in [3.63, 3.8) is 0 Å². The summed E-state index contributed by atoms with van der Waals surface area (Å²) in [6.07, 6.45) is 3.10. The maximum Gasteiger partial charge on any atom is 0.263 e. The molecule has 0 aliphatic heterocycles. The van der Waals surface area contributed by atoms with Crippen LogP contribution in [0.3, 0.4) is 0 Å². The number of carbonyl (C=O) groups excluding carboxylic acids is 2. The first-order valence-corrected chi connectivity index (χ1v) is 7.67. The molecule has 0 spiro atoms. The summed E-state index contributed by atoms with van der Waals surface area (Å²) in [5, 5.41) is 7.21. The van der Waals surface area contributed by atoms with Crippen LogP contribution < -0.4 is 10.6 Å². The molecule has 2 rings (SSSR count). The van der Waals surface area contributed by atoms with Crippen LogP contribution in [-0.2, 0) is 0 Å². The number of aromatic nitrogens is 1. The Bertz CT molecular complexity index is 582. The SMILES string of the molecule is CC.CCNC(=O)c1sccc1NC(=O)c1ccncc1. The van der Waals surface area contributed by atoms with Crippen molar-refractivity contribution in [2.24, 2.45) is 0 Å². The molecule has 2 heterocycles. The molecular weight excluding hydrogens is 286 g/mol. The lowest BCUT2D eigenvalue weighted by Crippen LogP contribution is -2.23. The van der Waals surface area contributed by atoms with Crippen LogP contribution in [0.5, 0.6) is 0 Å². The average Bonchev–Trinajstić information content (AvgIpc) is 2.98. The van der Waals surface area contributed by atoms with Crippen molar-refractivity contribution in [2.75, 3.05) is 11.9 Å². The molecule has 112 valence electrons. The molecular formula is C15H19N3O2S. The highest BCUT2D eigenvalue weighted by atomic mass is 32.1. The van der Waals surface area contributed by atoms with Crippen molar-refractivity contribution in [3.05, 3.63) is 46.4 Å². The number of anilines is 1. The van der Waals surface area contributed by atoms with Crippen LogP contribution in [0.1, 0.15) is 40.8 Å². The summed E-state index contributed by atoms with van der Waals surface area (Å²) < 4.78 is 0. The minimum absolute atomic E-state index is 0.178. The third kappa shape index (κ3) is 4.68. The summed E-state index contributed by atoms with van der Waals surface area (Å²) in [4.78, 5) is 28.1. The molecule has 0 unspecified atom stereocenters. The first-order valence-electron chi connectivity index (χ1n) is 6.79. The first kappa shape index (κ1) is 16.8. The molecule has 0 aliphatic carbocycles. The normalized spacial score (nSPS) is 9.29. The van der Waals surface area contributed by atoms with Gasteiger partial charge in [-0.1, -0.05) is 13.8 Å². The van der Waals surface area contributed by atoms with Crippen LogP contribution in [0.25, 0.3) is 0 Å². The summed E-state index contributed by atoms with van der Waals surface area (Å²) in [5.41, 5.74) is 1.03. The van der Waals surface area contributed by atoms with Gasteiger partial charge in [-0.25, -0.2) is 0 Å². The average molecular weight is 305 g/mol. The van der Waals surface area contributed by atoms with Gasteiger partial charge in [0.25, 0.3) is 11.8 Å².